The minimum Gasteiger partial charge on any atom is -0.405 e. The largest absolute Gasteiger partial charge is 0.405 e. The molecule has 1 aliphatic heterocycles. The summed E-state index contributed by atoms with van der Waals surface area (Å²) in [6.07, 6.45) is 8.41. The molecule has 0 radical (unpaired) electrons. The highest BCUT2D eigenvalue weighted by Crippen LogP contribution is 2.32. The number of rotatable bonds is 4. The second kappa shape index (κ2) is 7.40. The number of piperidine rings is 1. The van der Waals surface area contributed by atoms with Gasteiger partial charge < -0.3 is 21.4 Å². The van der Waals surface area contributed by atoms with Gasteiger partial charge in [-0.25, -0.2) is 14.4 Å². The van der Waals surface area contributed by atoms with Gasteiger partial charge in [0.05, 0.1) is 5.69 Å². The summed E-state index contributed by atoms with van der Waals surface area (Å²) >= 11 is 0. The number of nitrogens with one attached hydrogen (secondary N) is 3. The summed E-state index contributed by atoms with van der Waals surface area (Å²) in [5.74, 6) is 0.264. The van der Waals surface area contributed by atoms with Crippen LogP contribution in [0.3, 0.4) is 0 Å². The fraction of sp³-hybridized carbons (Fsp3) is 0.391. The van der Waals surface area contributed by atoms with Crippen molar-refractivity contribution in [1.82, 2.24) is 20.3 Å². The van der Waals surface area contributed by atoms with Crippen LogP contribution < -0.4 is 16.4 Å². The number of hydrogen-bond acceptors (Lipinski definition) is 5. The molecule has 1 aliphatic rings. The molecule has 0 unspecified atom stereocenters. The van der Waals surface area contributed by atoms with Crippen molar-refractivity contribution in [2.75, 3.05) is 5.32 Å². The zero-order valence-electron chi connectivity index (χ0n) is 17.9. The first kappa shape index (κ1) is 20.3. The number of anilines is 1. The van der Waals surface area contributed by atoms with Gasteiger partial charge in [0.25, 0.3) is 0 Å². The van der Waals surface area contributed by atoms with Gasteiger partial charge in [-0.1, -0.05) is 0 Å². The van der Waals surface area contributed by atoms with Gasteiger partial charge in [-0.3, -0.25) is 0 Å². The van der Waals surface area contributed by atoms with Gasteiger partial charge in [0.15, 0.2) is 0 Å². The molecule has 0 spiro atoms. The van der Waals surface area contributed by atoms with Crippen LogP contribution in [0.5, 0.6) is 0 Å². The van der Waals surface area contributed by atoms with Crippen molar-refractivity contribution in [2.24, 2.45) is 5.73 Å². The van der Waals surface area contributed by atoms with E-state index in [-0.39, 0.29) is 22.9 Å². The van der Waals surface area contributed by atoms with Crippen LogP contribution in [0.4, 0.5) is 10.3 Å². The fourth-order valence-electron chi connectivity index (χ4n) is 4.79. The number of H-pyrrole nitrogens is 1. The number of fused-ring (bicyclic) bond motifs is 1. The van der Waals surface area contributed by atoms with Gasteiger partial charge in [0.1, 0.15) is 5.82 Å². The summed E-state index contributed by atoms with van der Waals surface area (Å²) in [7, 11) is 0. The molecule has 0 amide bonds. The molecule has 30 heavy (non-hydrogen) atoms. The number of aromatic nitrogens is 3. The van der Waals surface area contributed by atoms with Crippen LogP contribution in [-0.2, 0) is 0 Å². The first-order chi connectivity index (χ1) is 14.2. The van der Waals surface area contributed by atoms with Crippen LogP contribution in [0.2, 0.25) is 0 Å². The highest BCUT2D eigenvalue weighted by Gasteiger charge is 2.37. The van der Waals surface area contributed by atoms with Crippen molar-refractivity contribution >= 4 is 22.9 Å². The van der Waals surface area contributed by atoms with Crippen LogP contribution in [0.25, 0.3) is 28.2 Å². The van der Waals surface area contributed by atoms with Crippen molar-refractivity contribution in [2.45, 2.75) is 57.7 Å². The number of benzene rings is 1. The number of halogens is 1. The maximum Gasteiger partial charge on any atom is 0.223 e. The number of nitrogens with two attached hydrogens (primary N) is 1. The second-order valence-corrected chi connectivity index (χ2v) is 9.39. The Morgan fingerprint density at radius 2 is 1.93 bits per heavy atom. The van der Waals surface area contributed by atoms with Gasteiger partial charge in [-0.2, -0.15) is 0 Å². The topological polar surface area (TPSA) is 91.7 Å². The van der Waals surface area contributed by atoms with Crippen LogP contribution in [0.15, 0.2) is 36.8 Å². The molecule has 0 bridgehead atoms. The van der Waals surface area contributed by atoms with Crippen molar-refractivity contribution in [1.29, 1.82) is 0 Å². The van der Waals surface area contributed by atoms with Crippen LogP contribution in [0, 0.1) is 5.82 Å². The number of hydrogen-bond donors (Lipinski definition) is 4. The lowest BCUT2D eigenvalue weighted by atomic mass is 9.80. The monoisotopic (exact) mass is 408 g/mol. The highest BCUT2D eigenvalue weighted by molar-refractivity contribution is 5.95. The maximum absolute atomic E-state index is 14.4. The predicted octanol–water partition coefficient (Wildman–Crippen LogP) is 4.41. The Labute approximate surface area is 176 Å². The highest BCUT2D eigenvalue weighted by atomic mass is 19.1. The van der Waals surface area contributed by atoms with E-state index in [0.29, 0.717) is 11.5 Å². The van der Waals surface area contributed by atoms with E-state index >= 15 is 0 Å². The summed E-state index contributed by atoms with van der Waals surface area (Å²) in [6.45, 7) is 8.87. The normalized spacial score (nSPS) is 18.8. The predicted molar refractivity (Wildman–Crippen MR) is 120 cm³/mol. The molecule has 158 valence electrons. The van der Waals surface area contributed by atoms with Gasteiger partial charge in [0, 0.05) is 51.5 Å². The summed E-state index contributed by atoms with van der Waals surface area (Å²) in [5.41, 5.74) is 8.32. The summed E-state index contributed by atoms with van der Waals surface area (Å²) in [6, 6.07) is 5.37. The Morgan fingerprint density at radius 1 is 1.20 bits per heavy atom. The molecular weight excluding hydrogens is 379 g/mol. The summed E-state index contributed by atoms with van der Waals surface area (Å²) in [5, 5.41) is 7.97. The van der Waals surface area contributed by atoms with Crippen LogP contribution in [-0.4, -0.2) is 32.1 Å². The van der Waals surface area contributed by atoms with Crippen LogP contribution >= 0.6 is 0 Å². The van der Waals surface area contributed by atoms with E-state index in [1.807, 2.05) is 12.3 Å². The van der Waals surface area contributed by atoms with Gasteiger partial charge in [0.2, 0.25) is 5.95 Å². The summed E-state index contributed by atoms with van der Waals surface area (Å²) < 4.78 is 14.4. The average molecular weight is 409 g/mol. The van der Waals surface area contributed by atoms with Gasteiger partial charge in [-0.15, -0.1) is 0 Å². The summed E-state index contributed by atoms with van der Waals surface area (Å²) in [4.78, 5) is 12.4. The molecule has 2 aromatic heterocycles. The Balaban J connectivity index is 1.63. The molecule has 1 saturated heterocycles. The minimum atomic E-state index is -0.323. The molecule has 0 aliphatic carbocycles. The molecule has 0 atom stereocenters. The minimum absolute atomic E-state index is 0.0288. The Bertz CT molecular complexity index is 1080. The van der Waals surface area contributed by atoms with E-state index in [2.05, 4.69) is 48.3 Å². The second-order valence-electron chi connectivity index (χ2n) is 9.39. The van der Waals surface area contributed by atoms with Crippen molar-refractivity contribution in [3.63, 3.8) is 0 Å². The molecule has 1 aromatic carbocycles. The van der Waals surface area contributed by atoms with Gasteiger partial charge in [-0.05, 0) is 71.0 Å². The molecule has 1 fully saturated rings. The standard InChI is InChI=1S/C23H29FN6/c1-22(2)11-15(12-23(3,4)30-22)28-21-26-8-6-19(29-21)17-13-27-20-9-14(5-7-25)18(24)10-16(17)20/h5-10,13,15,27,30H,11-12,25H2,1-4H3,(H,26,28,29)/b7-5+. The average Bonchev–Trinajstić information content (AvgIpc) is 3.02. The molecular formula is C23H29FN6. The third-order valence-corrected chi connectivity index (χ3v) is 5.53. The molecule has 4 rings (SSSR count). The van der Waals surface area contributed by atoms with E-state index in [9.17, 15) is 4.39 Å². The zero-order chi connectivity index (χ0) is 21.5. The lowest BCUT2D eigenvalue weighted by Gasteiger charge is -2.46. The van der Waals surface area contributed by atoms with E-state index in [4.69, 9.17) is 10.7 Å². The first-order valence-corrected chi connectivity index (χ1v) is 10.2. The molecule has 6 nitrogen and oxygen atoms in total. The maximum atomic E-state index is 14.4. The van der Waals surface area contributed by atoms with E-state index in [1.165, 1.54) is 12.3 Å². The molecule has 7 heteroatoms. The third-order valence-electron chi connectivity index (χ3n) is 5.53. The van der Waals surface area contributed by atoms with Crippen molar-refractivity contribution in [3.05, 3.63) is 48.2 Å². The first-order valence-electron chi connectivity index (χ1n) is 10.2. The van der Waals surface area contributed by atoms with Crippen molar-refractivity contribution in [3.8, 4) is 11.3 Å². The smallest absolute Gasteiger partial charge is 0.223 e. The fourth-order valence-corrected chi connectivity index (χ4v) is 4.79. The Morgan fingerprint density at radius 3 is 2.63 bits per heavy atom. The van der Waals surface area contributed by atoms with Crippen LogP contribution in [0.1, 0.15) is 46.1 Å². The third kappa shape index (κ3) is 4.16. The zero-order valence-corrected chi connectivity index (χ0v) is 17.9. The lowest BCUT2D eigenvalue weighted by molar-refractivity contribution is 0.170. The SMILES string of the molecule is CC1(C)CC(Nc2nccc(-c3c[nH]c4cc(/C=C/N)c(F)cc34)n2)CC(C)(C)N1. The van der Waals surface area contributed by atoms with Gasteiger partial charge >= 0.3 is 0 Å². The number of nitrogens with zero attached hydrogens (tertiary/aromatic N) is 2. The number of aromatic amines is 1. The van der Waals surface area contributed by atoms with E-state index < -0.39 is 0 Å². The quantitative estimate of drug-likeness (QED) is 0.513. The molecule has 5 N–H and O–H groups in total. The Hall–Kier alpha value is -2.93. The Kier molecular flexibility index (Phi) is 5.02. The van der Waals surface area contributed by atoms with E-state index in [1.54, 1.807) is 18.3 Å². The lowest BCUT2D eigenvalue weighted by Crippen LogP contribution is -2.60. The van der Waals surface area contributed by atoms with Crippen molar-refractivity contribution < 1.29 is 4.39 Å². The van der Waals surface area contributed by atoms with E-state index in [0.717, 1.165) is 35.0 Å². The molecule has 3 heterocycles. The molecule has 0 saturated carbocycles. The molecule has 3 aromatic rings.